The number of fused-ring (bicyclic) bond motifs is 1. The Balaban J connectivity index is 1.85. The Morgan fingerprint density at radius 2 is 1.96 bits per heavy atom. The van der Waals surface area contributed by atoms with Gasteiger partial charge in [-0.15, -0.1) is 10.2 Å². The molecule has 0 saturated carbocycles. The van der Waals surface area contributed by atoms with Crippen molar-refractivity contribution in [2.24, 2.45) is 10.2 Å². The molecule has 0 aliphatic rings. The van der Waals surface area contributed by atoms with E-state index in [1.54, 1.807) is 17.7 Å². The maximum absolute atomic E-state index is 12.2. The average molecular weight is 379 g/mol. The summed E-state index contributed by atoms with van der Waals surface area (Å²) >= 11 is 0. The van der Waals surface area contributed by atoms with Crippen molar-refractivity contribution in [3.8, 4) is 11.6 Å². The quantitative estimate of drug-likeness (QED) is 0.533. The van der Waals surface area contributed by atoms with Gasteiger partial charge in [-0.05, 0) is 36.6 Å². The number of hydrogen-bond acceptors (Lipinski definition) is 4. The molecule has 6 nitrogen and oxygen atoms in total. The number of rotatable bonds is 8. The van der Waals surface area contributed by atoms with Crippen molar-refractivity contribution in [2.45, 2.75) is 39.2 Å². The van der Waals surface area contributed by atoms with Crippen LogP contribution in [0.4, 0.5) is 5.69 Å². The van der Waals surface area contributed by atoms with Gasteiger partial charge in [-0.2, -0.15) is 0 Å². The van der Waals surface area contributed by atoms with Gasteiger partial charge in [0.05, 0.1) is 12.6 Å². The maximum atomic E-state index is 12.2. The van der Waals surface area contributed by atoms with Crippen LogP contribution in [0.3, 0.4) is 0 Å². The molecule has 0 saturated heterocycles. The third-order valence-electron chi connectivity index (χ3n) is 4.68. The number of carbonyl (C=O) groups excluding carboxylic acids is 1. The Kier molecular flexibility index (Phi) is 6.42. The third-order valence-corrected chi connectivity index (χ3v) is 4.68. The fourth-order valence-electron chi connectivity index (χ4n) is 3.12. The molecule has 0 aliphatic heterocycles. The Bertz CT molecular complexity index is 978. The summed E-state index contributed by atoms with van der Waals surface area (Å²) in [6, 6.07) is 15.3. The summed E-state index contributed by atoms with van der Waals surface area (Å²) in [4.78, 5) is 12.2. The summed E-state index contributed by atoms with van der Waals surface area (Å²) in [6.45, 7) is 2.76. The van der Waals surface area contributed by atoms with E-state index in [1.165, 1.54) is 0 Å². The Labute approximate surface area is 164 Å². The van der Waals surface area contributed by atoms with Gasteiger partial charge >= 0.3 is 0 Å². The van der Waals surface area contributed by atoms with Crippen LogP contribution in [0.2, 0.25) is 0 Å². The lowest BCUT2D eigenvalue weighted by atomic mass is 10.1. The predicted octanol–water partition coefficient (Wildman–Crippen LogP) is 5.40. The number of unbranched alkanes of at least 4 members (excludes halogenated alkanes) is 1. The van der Waals surface area contributed by atoms with E-state index < -0.39 is 0 Å². The topological polar surface area (TPSA) is 76.2 Å². The standard InChI is InChI=1S/C22H25N3O3/c1-3-4-14-25-19-12-11-17(28-2)15-18(19)21(22(25)27)24-23-20(26)13-10-16-8-6-5-7-9-16/h5-9,11-12,15,27H,3-4,10,13-14H2,1-2H3. The molecule has 28 heavy (non-hydrogen) atoms. The molecular weight excluding hydrogens is 354 g/mol. The lowest BCUT2D eigenvalue weighted by Gasteiger charge is -2.05. The largest absolute Gasteiger partial charge is 0.497 e. The van der Waals surface area contributed by atoms with E-state index in [9.17, 15) is 9.90 Å². The zero-order valence-corrected chi connectivity index (χ0v) is 16.3. The van der Waals surface area contributed by atoms with Crippen LogP contribution in [-0.4, -0.2) is 22.7 Å². The van der Waals surface area contributed by atoms with Crippen molar-refractivity contribution in [1.82, 2.24) is 4.57 Å². The average Bonchev–Trinajstić information content (AvgIpc) is 2.99. The number of nitrogens with zero attached hydrogens (tertiary/aromatic N) is 3. The molecule has 0 fully saturated rings. The van der Waals surface area contributed by atoms with Crippen LogP contribution < -0.4 is 4.74 Å². The fraction of sp³-hybridized carbons (Fsp3) is 0.318. The normalized spacial score (nSPS) is 11.4. The summed E-state index contributed by atoms with van der Waals surface area (Å²) in [7, 11) is 1.59. The zero-order chi connectivity index (χ0) is 19.9. The minimum absolute atomic E-state index is 0.0244. The summed E-state index contributed by atoms with van der Waals surface area (Å²) in [5, 5.41) is 19.3. The van der Waals surface area contributed by atoms with Gasteiger partial charge in [0.25, 0.3) is 5.91 Å². The van der Waals surface area contributed by atoms with Crippen LogP contribution >= 0.6 is 0 Å². The number of azo groups is 1. The van der Waals surface area contributed by atoms with Crippen molar-refractivity contribution in [2.75, 3.05) is 7.11 Å². The molecule has 0 spiro atoms. The number of amides is 1. The Morgan fingerprint density at radius 3 is 2.68 bits per heavy atom. The highest BCUT2D eigenvalue weighted by Crippen LogP contribution is 2.40. The lowest BCUT2D eigenvalue weighted by molar-refractivity contribution is -0.118. The summed E-state index contributed by atoms with van der Waals surface area (Å²) in [5.74, 6) is 0.365. The van der Waals surface area contributed by atoms with E-state index in [0.717, 1.165) is 23.9 Å². The van der Waals surface area contributed by atoms with Crippen molar-refractivity contribution in [3.05, 3.63) is 54.1 Å². The molecule has 3 rings (SSSR count). The first kappa shape index (κ1) is 19.6. The highest BCUT2D eigenvalue weighted by Gasteiger charge is 2.17. The third kappa shape index (κ3) is 4.39. The Hall–Kier alpha value is -3.15. The van der Waals surface area contributed by atoms with Crippen LogP contribution in [-0.2, 0) is 17.8 Å². The molecule has 1 N–H and O–H groups in total. The monoisotopic (exact) mass is 379 g/mol. The van der Waals surface area contributed by atoms with Crippen molar-refractivity contribution in [3.63, 3.8) is 0 Å². The van der Waals surface area contributed by atoms with Crippen molar-refractivity contribution in [1.29, 1.82) is 0 Å². The lowest BCUT2D eigenvalue weighted by Crippen LogP contribution is -1.96. The molecule has 146 valence electrons. The number of ether oxygens (including phenoxy) is 1. The number of aryl methyl sites for hydroxylation is 2. The summed E-state index contributed by atoms with van der Waals surface area (Å²) in [6.07, 6.45) is 2.81. The number of aromatic hydroxyl groups is 1. The smallest absolute Gasteiger partial charge is 0.265 e. The van der Waals surface area contributed by atoms with Gasteiger partial charge in [0.2, 0.25) is 5.88 Å². The zero-order valence-electron chi connectivity index (χ0n) is 16.3. The van der Waals surface area contributed by atoms with Crippen LogP contribution in [0.5, 0.6) is 11.6 Å². The first-order chi connectivity index (χ1) is 13.6. The molecule has 6 heteroatoms. The van der Waals surface area contributed by atoms with Gasteiger partial charge < -0.3 is 14.4 Å². The van der Waals surface area contributed by atoms with Gasteiger partial charge in [0.1, 0.15) is 5.75 Å². The minimum atomic E-state index is -0.319. The van der Waals surface area contributed by atoms with Crippen LogP contribution in [0.25, 0.3) is 10.9 Å². The number of methoxy groups -OCH3 is 1. The van der Waals surface area contributed by atoms with Gasteiger partial charge in [-0.1, -0.05) is 43.7 Å². The number of aromatic nitrogens is 1. The fourth-order valence-corrected chi connectivity index (χ4v) is 3.12. The van der Waals surface area contributed by atoms with E-state index in [-0.39, 0.29) is 18.2 Å². The van der Waals surface area contributed by atoms with Crippen LogP contribution in [0.1, 0.15) is 31.7 Å². The molecule has 0 unspecified atom stereocenters. The van der Waals surface area contributed by atoms with Gasteiger partial charge in [-0.3, -0.25) is 4.79 Å². The van der Waals surface area contributed by atoms with E-state index >= 15 is 0 Å². The first-order valence-electron chi connectivity index (χ1n) is 9.51. The molecule has 0 bridgehead atoms. The van der Waals surface area contributed by atoms with E-state index in [4.69, 9.17) is 4.74 Å². The highest BCUT2D eigenvalue weighted by molar-refractivity contribution is 5.96. The second kappa shape index (κ2) is 9.17. The van der Waals surface area contributed by atoms with Crippen molar-refractivity contribution >= 4 is 22.5 Å². The minimum Gasteiger partial charge on any atom is -0.497 e. The number of hydrogen-bond donors (Lipinski definition) is 1. The van der Waals surface area contributed by atoms with Gasteiger partial charge in [-0.25, -0.2) is 0 Å². The Morgan fingerprint density at radius 1 is 1.18 bits per heavy atom. The van der Waals surface area contributed by atoms with Gasteiger partial charge in [0, 0.05) is 18.4 Å². The molecule has 3 aromatic rings. The van der Waals surface area contributed by atoms with E-state index in [2.05, 4.69) is 17.2 Å². The molecule has 0 radical (unpaired) electrons. The van der Waals surface area contributed by atoms with Crippen LogP contribution in [0, 0.1) is 0 Å². The second-order valence-corrected chi connectivity index (χ2v) is 6.64. The van der Waals surface area contributed by atoms with Crippen molar-refractivity contribution < 1.29 is 14.6 Å². The molecule has 2 aromatic carbocycles. The van der Waals surface area contributed by atoms with Crippen LogP contribution in [0.15, 0.2) is 58.8 Å². The molecule has 1 heterocycles. The molecule has 1 aromatic heterocycles. The molecule has 0 aliphatic carbocycles. The number of carbonyl (C=O) groups is 1. The molecular formula is C22H25N3O3. The maximum Gasteiger partial charge on any atom is 0.265 e. The number of benzene rings is 2. The first-order valence-corrected chi connectivity index (χ1v) is 9.51. The van der Waals surface area contributed by atoms with E-state index in [1.807, 2.05) is 42.5 Å². The second-order valence-electron chi connectivity index (χ2n) is 6.64. The highest BCUT2D eigenvalue weighted by atomic mass is 16.5. The van der Waals surface area contributed by atoms with Gasteiger partial charge in [0.15, 0.2) is 5.69 Å². The van der Waals surface area contributed by atoms with E-state index in [0.29, 0.717) is 29.8 Å². The summed E-state index contributed by atoms with van der Waals surface area (Å²) in [5.41, 5.74) is 2.23. The molecule has 0 atom stereocenters. The SMILES string of the molecule is CCCCn1c(O)c(N=NC(=O)CCc2ccccc2)c2cc(OC)ccc21. The molecule has 1 amide bonds. The predicted molar refractivity (Wildman–Crippen MR) is 109 cm³/mol. The summed E-state index contributed by atoms with van der Waals surface area (Å²) < 4.78 is 7.10.